The van der Waals surface area contributed by atoms with E-state index in [2.05, 4.69) is 32.8 Å². The highest BCUT2D eigenvalue weighted by Crippen LogP contribution is 2.26. The van der Waals surface area contributed by atoms with Crippen molar-refractivity contribution < 1.29 is 14.3 Å². The zero-order chi connectivity index (χ0) is 24.0. The second kappa shape index (κ2) is 10.1. The molecular formula is C23H27N8O3+. The van der Waals surface area contributed by atoms with Crippen LogP contribution in [0.2, 0.25) is 0 Å². The van der Waals surface area contributed by atoms with Gasteiger partial charge in [-0.2, -0.15) is 10.6 Å². The summed E-state index contributed by atoms with van der Waals surface area (Å²) in [6.45, 7) is 3.17. The molecule has 2 aromatic carbocycles. The van der Waals surface area contributed by atoms with Crippen molar-refractivity contribution in [3.63, 3.8) is 0 Å². The number of benzene rings is 2. The minimum Gasteiger partial charge on any atom is -0.494 e. The number of H-pyrrole nitrogens is 1. The molecule has 2 amide bonds. The highest BCUT2D eigenvalue weighted by atomic mass is 16.5. The first kappa shape index (κ1) is 22.9. The molecule has 1 aromatic heterocycles. The fourth-order valence-corrected chi connectivity index (χ4v) is 3.62. The van der Waals surface area contributed by atoms with E-state index in [1.165, 1.54) is 0 Å². The smallest absolute Gasteiger partial charge is 0.296 e. The largest absolute Gasteiger partial charge is 0.494 e. The first-order valence-corrected chi connectivity index (χ1v) is 11.0. The lowest BCUT2D eigenvalue weighted by Gasteiger charge is -2.38. The minimum absolute atomic E-state index is 0.00764. The number of hydrogen-bond donors (Lipinski definition) is 3. The number of amides is 2. The van der Waals surface area contributed by atoms with E-state index in [1.54, 1.807) is 35.5 Å². The third-order valence-corrected chi connectivity index (χ3v) is 5.39. The quantitative estimate of drug-likeness (QED) is 0.328. The Kier molecular flexibility index (Phi) is 6.83. The highest BCUT2D eigenvalue weighted by molar-refractivity contribution is 5.97. The number of nitrogens with two attached hydrogens (primary N) is 1. The molecule has 2 heterocycles. The van der Waals surface area contributed by atoms with Crippen molar-refractivity contribution in [3.05, 3.63) is 65.9 Å². The molecule has 0 saturated heterocycles. The van der Waals surface area contributed by atoms with E-state index in [9.17, 15) is 9.59 Å². The van der Waals surface area contributed by atoms with Crippen molar-refractivity contribution >= 4 is 29.7 Å². The van der Waals surface area contributed by atoms with Gasteiger partial charge in [0.2, 0.25) is 6.34 Å². The Labute approximate surface area is 196 Å². The number of carbonyl (C=O) groups is 2. The number of primary amides is 1. The van der Waals surface area contributed by atoms with Gasteiger partial charge in [0.15, 0.2) is 23.9 Å². The molecule has 34 heavy (non-hydrogen) atoms. The van der Waals surface area contributed by atoms with Gasteiger partial charge in [0.05, 0.1) is 6.61 Å². The van der Waals surface area contributed by atoms with Gasteiger partial charge in [-0.3, -0.25) is 14.5 Å². The first-order chi connectivity index (χ1) is 16.5. The normalized spacial score (nSPS) is 17.4. The van der Waals surface area contributed by atoms with E-state index in [0.29, 0.717) is 17.9 Å². The molecule has 1 unspecified atom stereocenters. The molecule has 1 aliphatic heterocycles. The number of aliphatic imine (C=N–C) groups is 1. The average molecular weight is 464 g/mol. The van der Waals surface area contributed by atoms with Crippen molar-refractivity contribution in [3.8, 4) is 5.75 Å². The second-order valence-electron chi connectivity index (χ2n) is 7.85. The maximum Gasteiger partial charge on any atom is 0.296 e. The summed E-state index contributed by atoms with van der Waals surface area (Å²) >= 11 is 0. The number of anilines is 1. The van der Waals surface area contributed by atoms with Crippen LogP contribution in [0.25, 0.3) is 0 Å². The lowest BCUT2D eigenvalue weighted by atomic mass is 10.2. The van der Waals surface area contributed by atoms with Crippen molar-refractivity contribution in [2.45, 2.75) is 19.8 Å². The summed E-state index contributed by atoms with van der Waals surface area (Å²) in [5.41, 5.74) is 9.76. The van der Waals surface area contributed by atoms with Gasteiger partial charge in [-0.25, -0.2) is 4.99 Å². The lowest BCUT2D eigenvalue weighted by molar-refractivity contribution is 0.0873. The molecule has 0 spiro atoms. The number of aromatic amines is 1. The number of hydrogen-bond acceptors (Lipinski definition) is 7. The van der Waals surface area contributed by atoms with E-state index < -0.39 is 5.91 Å². The Hall–Kier alpha value is -4.25. The Morgan fingerprint density at radius 1 is 1.15 bits per heavy atom. The number of quaternary nitrogens is 1. The van der Waals surface area contributed by atoms with Gasteiger partial charge in [-0.15, -0.1) is 14.8 Å². The summed E-state index contributed by atoms with van der Waals surface area (Å²) in [7, 11) is 0. The van der Waals surface area contributed by atoms with Crippen molar-refractivity contribution in [2.75, 3.05) is 24.8 Å². The topological polar surface area (TPSA) is 139 Å². The van der Waals surface area contributed by atoms with Crippen molar-refractivity contribution in [1.29, 1.82) is 0 Å². The monoisotopic (exact) mass is 463 g/mol. The summed E-state index contributed by atoms with van der Waals surface area (Å²) in [6, 6.07) is 16.4. The molecule has 4 rings (SSSR count). The average Bonchev–Trinajstić information content (AvgIpc) is 3.36. The van der Waals surface area contributed by atoms with Crippen LogP contribution in [0.1, 0.15) is 40.6 Å². The van der Waals surface area contributed by atoms with Crippen LogP contribution in [0, 0.1) is 0 Å². The summed E-state index contributed by atoms with van der Waals surface area (Å²) in [4.78, 5) is 31.2. The van der Waals surface area contributed by atoms with Gasteiger partial charge < -0.3 is 10.5 Å². The molecule has 4 N–H and O–H groups in total. The fourth-order valence-electron chi connectivity index (χ4n) is 3.62. The molecule has 0 bridgehead atoms. The Bertz CT molecular complexity index is 1160. The van der Waals surface area contributed by atoms with Crippen LogP contribution >= 0.6 is 0 Å². The first-order valence-electron chi connectivity index (χ1n) is 11.0. The maximum atomic E-state index is 13.3. The number of rotatable bonds is 9. The third-order valence-electron chi connectivity index (χ3n) is 5.39. The van der Waals surface area contributed by atoms with E-state index in [-0.39, 0.29) is 35.3 Å². The SMILES string of the molecule is CCCCOc1ccc(C(=O)N[N+]2(c3ccccc3)C=NCN(c3n[nH]nc3C(N)=O)C2)cc1. The molecule has 0 radical (unpaired) electrons. The number of aromatic nitrogens is 3. The van der Waals surface area contributed by atoms with Crippen LogP contribution in [-0.4, -0.2) is 53.5 Å². The number of carbonyl (C=O) groups excluding carboxylic acids is 2. The van der Waals surface area contributed by atoms with E-state index >= 15 is 0 Å². The predicted octanol–water partition coefficient (Wildman–Crippen LogP) is 2.20. The Morgan fingerprint density at radius 2 is 1.91 bits per heavy atom. The van der Waals surface area contributed by atoms with E-state index in [0.717, 1.165) is 18.5 Å². The molecule has 0 saturated carbocycles. The zero-order valence-corrected chi connectivity index (χ0v) is 18.8. The summed E-state index contributed by atoms with van der Waals surface area (Å²) in [5.74, 6) is -0.0211. The summed E-state index contributed by atoms with van der Waals surface area (Å²) < 4.78 is 5.56. The van der Waals surface area contributed by atoms with Gasteiger partial charge in [0.1, 0.15) is 12.4 Å². The number of ether oxygens (including phenoxy) is 1. The molecule has 1 atom stereocenters. The van der Waals surface area contributed by atoms with Crippen LogP contribution in [-0.2, 0) is 0 Å². The van der Waals surface area contributed by atoms with Crippen LogP contribution in [0.5, 0.6) is 5.75 Å². The van der Waals surface area contributed by atoms with E-state index in [4.69, 9.17) is 10.5 Å². The third kappa shape index (κ3) is 4.89. The number of para-hydroxylation sites is 1. The summed E-state index contributed by atoms with van der Waals surface area (Å²) in [6.07, 6.45) is 3.68. The van der Waals surface area contributed by atoms with Crippen molar-refractivity contribution in [1.82, 2.24) is 25.4 Å². The molecule has 11 nitrogen and oxygen atoms in total. The van der Waals surface area contributed by atoms with Crippen LogP contribution in [0.3, 0.4) is 0 Å². The molecule has 3 aromatic rings. The highest BCUT2D eigenvalue weighted by Gasteiger charge is 2.39. The van der Waals surface area contributed by atoms with E-state index in [1.807, 2.05) is 30.3 Å². The Balaban J connectivity index is 1.60. The van der Waals surface area contributed by atoms with Gasteiger partial charge in [-0.1, -0.05) is 31.5 Å². The van der Waals surface area contributed by atoms with Crippen LogP contribution < -0.4 is 25.4 Å². The second-order valence-corrected chi connectivity index (χ2v) is 7.85. The molecule has 11 heteroatoms. The molecule has 176 valence electrons. The molecule has 0 aliphatic carbocycles. The lowest BCUT2D eigenvalue weighted by Crippen LogP contribution is -2.67. The number of nitrogens with one attached hydrogen (secondary N) is 2. The van der Waals surface area contributed by atoms with Gasteiger partial charge in [-0.05, 0) is 30.7 Å². The Morgan fingerprint density at radius 3 is 2.62 bits per heavy atom. The minimum atomic E-state index is -0.707. The van der Waals surface area contributed by atoms with Crippen LogP contribution in [0.15, 0.2) is 59.6 Å². The molecular weight excluding hydrogens is 436 g/mol. The predicted molar refractivity (Wildman–Crippen MR) is 128 cm³/mol. The maximum absolute atomic E-state index is 13.3. The fraction of sp³-hybridized carbons (Fsp3) is 0.261. The van der Waals surface area contributed by atoms with Crippen molar-refractivity contribution in [2.24, 2.45) is 10.7 Å². The van der Waals surface area contributed by atoms with Gasteiger partial charge in [0, 0.05) is 17.7 Å². The molecule has 1 aliphatic rings. The number of nitrogens with zero attached hydrogens (tertiary/aromatic N) is 5. The van der Waals surface area contributed by atoms with Gasteiger partial charge in [0.25, 0.3) is 11.8 Å². The standard InChI is InChI=1S/C23H26N8O3/c1-2-3-13-34-19-11-9-17(10-12-19)23(33)28-31(18-7-5-4-6-8-18)15-25-14-30(16-31)22-20(21(24)32)26-29-27-22/h4-12,15H,2-3,13-14,16H2,1H3,(H3-,24,26,27,28,29,32,33)/p+1. The van der Waals surface area contributed by atoms with Gasteiger partial charge >= 0.3 is 0 Å². The van der Waals surface area contributed by atoms with Crippen LogP contribution in [0.4, 0.5) is 11.5 Å². The number of unbranched alkanes of at least 4 members (excludes halogenated alkanes) is 1. The molecule has 0 fully saturated rings. The summed E-state index contributed by atoms with van der Waals surface area (Å²) in [5, 5.41) is 10.4. The zero-order valence-electron chi connectivity index (χ0n) is 18.8.